The number of hydrogen-bond donors (Lipinski definition) is 1. The van der Waals surface area contributed by atoms with Gasteiger partial charge in [0.15, 0.2) is 0 Å². The Labute approximate surface area is 212 Å². The molecule has 0 aliphatic carbocycles. The van der Waals surface area contributed by atoms with Crippen molar-refractivity contribution in [2.24, 2.45) is 7.05 Å². The Morgan fingerprint density at radius 2 is 1.43 bits per heavy atom. The molecular weight excluding hydrogens is 426 g/mol. The highest BCUT2D eigenvalue weighted by Gasteiger charge is 2.16. The van der Waals surface area contributed by atoms with Gasteiger partial charge in [0.1, 0.15) is 66.6 Å². The van der Waals surface area contributed by atoms with E-state index in [0.29, 0.717) is 0 Å². The van der Waals surface area contributed by atoms with Crippen molar-refractivity contribution in [1.29, 1.82) is 0 Å². The summed E-state index contributed by atoms with van der Waals surface area (Å²) >= 11 is 0. The van der Waals surface area contributed by atoms with Gasteiger partial charge in [-0.25, -0.2) is 9.97 Å². The van der Waals surface area contributed by atoms with Gasteiger partial charge in [0.25, 0.3) is 0 Å². The van der Waals surface area contributed by atoms with Gasteiger partial charge in [-0.1, -0.05) is 16.4 Å². The molecule has 4 rings (SSSR count). The molecule has 4 aromatic rings. The fourth-order valence-electron chi connectivity index (χ4n) is 3.57. The largest absolute Gasteiger partial charge is 0.330 e. The van der Waals surface area contributed by atoms with Crippen LogP contribution in [0.4, 0.5) is 5.82 Å². The number of rotatable bonds is 4. The first-order chi connectivity index (χ1) is 16.5. The molecule has 1 amide bonds. The lowest BCUT2D eigenvalue weighted by Gasteiger charge is -2.23. The molecule has 35 heavy (non-hydrogen) atoms. The smallest absolute Gasteiger partial charge is 0.241 e. The molecule has 0 aliphatic rings. The minimum absolute atomic E-state index is 0.00733. The zero-order valence-corrected chi connectivity index (χ0v) is 19.1. The molecule has 1 N–H and O–H groups in total. The Kier molecular flexibility index (Phi) is 6.63. The highest BCUT2D eigenvalue weighted by Crippen LogP contribution is 2.23. The number of pyridine rings is 2. The average molecular weight is 438 g/mol. The lowest BCUT2D eigenvalue weighted by molar-refractivity contribution is -0.112. The van der Waals surface area contributed by atoms with E-state index in [4.69, 9.17) is 54.9 Å². The number of benzene rings is 1. The number of fused-ring (bicyclic) bond motifs is 1. The normalized spacial score (nSPS) is 11.9. The van der Waals surface area contributed by atoms with Gasteiger partial charge >= 0.3 is 0 Å². The monoisotopic (exact) mass is 439 g/mol. The molecule has 0 bridgehead atoms. The number of aromatic nitrogens is 4. The zero-order valence-electron chi connectivity index (χ0n) is 19.1. The molecular formula is C22H12B7N5O. The van der Waals surface area contributed by atoms with Gasteiger partial charge in [-0.2, -0.15) is 0 Å². The summed E-state index contributed by atoms with van der Waals surface area (Å²) in [6, 6.07) is 3.56. The van der Waals surface area contributed by atoms with Crippen molar-refractivity contribution in [3.05, 3.63) is 47.6 Å². The predicted molar refractivity (Wildman–Crippen MR) is 147 cm³/mol. The van der Waals surface area contributed by atoms with Crippen molar-refractivity contribution in [2.75, 3.05) is 5.32 Å². The molecule has 0 saturated heterocycles. The second-order valence-corrected chi connectivity index (χ2v) is 7.96. The third kappa shape index (κ3) is 4.40. The van der Waals surface area contributed by atoms with Crippen LogP contribution in [0.25, 0.3) is 27.6 Å². The topological polar surface area (TPSA) is 72.7 Å². The van der Waals surface area contributed by atoms with Crippen LogP contribution >= 0.6 is 0 Å². The molecule has 0 saturated carbocycles. The third-order valence-electron chi connectivity index (χ3n) is 5.83. The molecule has 1 aromatic carbocycles. The van der Waals surface area contributed by atoms with E-state index in [1.165, 1.54) is 0 Å². The molecule has 152 valence electrons. The Hall–Kier alpha value is -3.35. The summed E-state index contributed by atoms with van der Waals surface area (Å²) in [5, 5.41) is 4.19. The van der Waals surface area contributed by atoms with Gasteiger partial charge in [-0.05, 0) is 35.5 Å². The highest BCUT2D eigenvalue weighted by atomic mass is 16.1. The Morgan fingerprint density at radius 1 is 0.829 bits per heavy atom. The second kappa shape index (κ2) is 9.36. The number of aryl methyl sites for hydroxylation is 1. The van der Waals surface area contributed by atoms with Gasteiger partial charge < -0.3 is 9.88 Å². The molecule has 0 unspecified atom stereocenters. The number of hydrogen-bond acceptors (Lipinski definition) is 4. The molecule has 0 aliphatic heterocycles. The highest BCUT2D eigenvalue weighted by molar-refractivity contribution is 6.70. The van der Waals surface area contributed by atoms with Crippen molar-refractivity contribution in [3.8, 4) is 11.4 Å². The van der Waals surface area contributed by atoms with E-state index in [0.717, 1.165) is 28.0 Å². The van der Waals surface area contributed by atoms with Crippen molar-refractivity contribution in [3.63, 3.8) is 0 Å². The molecule has 6 nitrogen and oxygen atoms in total. The maximum absolute atomic E-state index is 12.9. The summed E-state index contributed by atoms with van der Waals surface area (Å²) in [5.74, 6) is 0.378. The zero-order chi connectivity index (χ0) is 25.6. The molecule has 13 heteroatoms. The lowest BCUT2D eigenvalue weighted by Crippen LogP contribution is -2.56. The minimum Gasteiger partial charge on any atom is -0.330 e. The quantitative estimate of drug-likeness (QED) is 0.272. The van der Waals surface area contributed by atoms with Crippen molar-refractivity contribution in [1.82, 2.24) is 19.5 Å². The predicted octanol–water partition coefficient (Wildman–Crippen LogP) is -3.05. The van der Waals surface area contributed by atoms with Gasteiger partial charge in [0.05, 0.1) is 17.6 Å². The first-order valence-electron chi connectivity index (χ1n) is 10.3. The summed E-state index contributed by atoms with van der Waals surface area (Å²) in [5.41, 5.74) is 1.00. The summed E-state index contributed by atoms with van der Waals surface area (Å²) < 4.78 is 1.93. The number of anilines is 1. The first kappa shape index (κ1) is 24.8. The van der Waals surface area contributed by atoms with Crippen LogP contribution in [0.15, 0.2) is 36.2 Å². The maximum atomic E-state index is 12.9. The van der Waals surface area contributed by atoms with E-state index >= 15 is 0 Å². The van der Waals surface area contributed by atoms with Crippen LogP contribution in [0.3, 0.4) is 0 Å². The molecule has 14 radical (unpaired) electrons. The van der Waals surface area contributed by atoms with Gasteiger partial charge in [0, 0.05) is 24.8 Å². The summed E-state index contributed by atoms with van der Waals surface area (Å²) in [6.45, 7) is 1.90. The van der Waals surface area contributed by atoms with E-state index in [1.54, 1.807) is 24.7 Å². The number of amides is 1. The Morgan fingerprint density at radius 3 is 2.03 bits per heavy atom. The molecule has 3 aromatic heterocycles. The molecule has 0 fully saturated rings. The van der Waals surface area contributed by atoms with Crippen LogP contribution in [0.2, 0.25) is 0 Å². The fraction of sp³-hybridized carbons (Fsp3) is 0.0909. The van der Waals surface area contributed by atoms with Crippen LogP contribution in [0, 0.1) is 6.92 Å². The van der Waals surface area contributed by atoms with Crippen molar-refractivity contribution < 1.29 is 4.79 Å². The number of nitrogens with zero attached hydrogens (tertiary/aromatic N) is 4. The van der Waals surface area contributed by atoms with Crippen LogP contribution < -0.4 is 32.6 Å². The third-order valence-corrected chi connectivity index (χ3v) is 5.83. The summed E-state index contributed by atoms with van der Waals surface area (Å²) in [6.07, 6.45) is 5.02. The van der Waals surface area contributed by atoms with Gasteiger partial charge in [-0.15, -0.1) is 16.4 Å². The van der Waals surface area contributed by atoms with Crippen LogP contribution in [0.5, 0.6) is 0 Å². The van der Waals surface area contributed by atoms with E-state index < -0.39 is 5.91 Å². The maximum Gasteiger partial charge on any atom is 0.241 e. The number of carbonyl (C=O) groups excluding carboxylic acids is 1. The number of nitrogens with one attached hydrogen (secondary N) is 1. The second-order valence-electron chi connectivity index (χ2n) is 7.96. The average Bonchev–Trinajstić information content (AvgIpc) is 3.18. The summed E-state index contributed by atoms with van der Waals surface area (Å²) in [7, 11) is 43.6. The van der Waals surface area contributed by atoms with E-state index in [-0.39, 0.29) is 49.6 Å². The van der Waals surface area contributed by atoms with Crippen LogP contribution in [-0.2, 0) is 11.8 Å². The number of carbonyl (C=O) groups is 1. The summed E-state index contributed by atoms with van der Waals surface area (Å²) in [4.78, 5) is 25.9. The molecule has 0 spiro atoms. The lowest BCUT2D eigenvalue weighted by atomic mass is 9.57. The van der Waals surface area contributed by atoms with E-state index in [9.17, 15) is 4.79 Å². The Bertz CT molecular complexity index is 1520. The molecule has 0 atom stereocenters. The molecule has 3 heterocycles. The van der Waals surface area contributed by atoms with E-state index in [2.05, 4.69) is 20.3 Å². The number of imidazole rings is 1. The first-order valence-corrected chi connectivity index (χ1v) is 10.3. The van der Waals surface area contributed by atoms with Crippen molar-refractivity contribution >= 4 is 110 Å². The van der Waals surface area contributed by atoms with E-state index in [1.807, 2.05) is 24.6 Å². The van der Waals surface area contributed by atoms with Crippen LogP contribution in [0.1, 0.15) is 11.4 Å². The van der Waals surface area contributed by atoms with Gasteiger partial charge in [-0.3, -0.25) is 9.78 Å². The Balaban J connectivity index is 1.68. The van der Waals surface area contributed by atoms with Crippen LogP contribution in [-0.4, -0.2) is 80.4 Å². The fourth-order valence-corrected chi connectivity index (χ4v) is 3.57. The van der Waals surface area contributed by atoms with Crippen molar-refractivity contribution in [2.45, 2.75) is 6.92 Å². The standard InChI is InChI=1S/C22H12B7N5O/c1-8-30-7-12(34(8)2)11-3-9-4-13(32-6-10(9)5-31-11)33-22(35)21(29)17(25)14-15(23)18(26)20(28)19(27)16(14)24/h3-7H,1-2H3,(H,32,33,35)/b21-17+. The SMILES string of the molecule is [B]/C(C(=O)Nc1cc2cc(-c3cnc(C)n3C)ncc2cn1)=C(/[B])c1c([B])c([B])c([B])c([B])c1[B]. The minimum atomic E-state index is -0.723. The van der Waals surface area contributed by atoms with Gasteiger partial charge in [0.2, 0.25) is 5.91 Å².